The van der Waals surface area contributed by atoms with Gasteiger partial charge < -0.3 is 9.84 Å². The maximum atomic E-state index is 10.7. The summed E-state index contributed by atoms with van der Waals surface area (Å²) in [5.41, 5.74) is 0. The van der Waals surface area contributed by atoms with Gasteiger partial charge in [-0.15, -0.1) is 0 Å². The lowest BCUT2D eigenvalue weighted by atomic mass is 10.4. The highest BCUT2D eigenvalue weighted by Crippen LogP contribution is 2.07. The highest BCUT2D eigenvalue weighted by Gasteiger charge is 2.39. The predicted molar refractivity (Wildman–Crippen MR) is 40.1 cm³/mol. The topological polar surface area (TPSA) is 61.8 Å². The van der Waals surface area contributed by atoms with Gasteiger partial charge in [-0.3, -0.25) is 10.2 Å². The van der Waals surface area contributed by atoms with E-state index in [0.29, 0.717) is 0 Å². The number of methoxy groups -OCH3 is 1. The molecule has 5 nitrogen and oxygen atoms in total. The van der Waals surface area contributed by atoms with Gasteiger partial charge in [-0.2, -0.15) is 0 Å². The zero-order valence-electron chi connectivity index (χ0n) is 7.21. The van der Waals surface area contributed by atoms with Crippen molar-refractivity contribution in [3.63, 3.8) is 0 Å². The van der Waals surface area contributed by atoms with E-state index in [1.54, 1.807) is 14.1 Å². The number of carboxylic acid groups (broad SMARTS) is 1. The maximum absolute atomic E-state index is 10.7. The molecule has 0 aliphatic rings. The van der Waals surface area contributed by atoms with E-state index < -0.39 is 11.8 Å². The Morgan fingerprint density at radius 3 is 2.09 bits per heavy atom. The zero-order valence-corrected chi connectivity index (χ0v) is 7.21. The van der Waals surface area contributed by atoms with Crippen molar-refractivity contribution in [1.29, 1.82) is 0 Å². The second kappa shape index (κ2) is 3.66. The monoisotopic (exact) mass is 162 g/mol. The molecule has 0 aliphatic heterocycles. The van der Waals surface area contributed by atoms with Crippen LogP contribution in [0.15, 0.2) is 0 Å². The summed E-state index contributed by atoms with van der Waals surface area (Å²) in [6.45, 7) is 0. The van der Waals surface area contributed by atoms with Crippen molar-refractivity contribution in [2.24, 2.45) is 0 Å². The van der Waals surface area contributed by atoms with E-state index in [2.05, 4.69) is 5.32 Å². The Hall–Kier alpha value is -0.650. The van der Waals surface area contributed by atoms with Crippen molar-refractivity contribution >= 4 is 5.97 Å². The Labute approximate surface area is 65.9 Å². The number of ether oxygens (including phenoxy) is 1. The lowest BCUT2D eigenvalue weighted by molar-refractivity contribution is -0.191. The largest absolute Gasteiger partial charge is 0.477 e. The van der Waals surface area contributed by atoms with Crippen LogP contribution >= 0.6 is 0 Å². The quantitative estimate of drug-likeness (QED) is 0.527. The normalized spacial score (nSPS) is 16.5. The van der Waals surface area contributed by atoms with Crippen molar-refractivity contribution in [3.8, 4) is 0 Å². The molecule has 0 rings (SSSR count). The zero-order chi connectivity index (χ0) is 9.07. The summed E-state index contributed by atoms with van der Waals surface area (Å²) in [7, 11) is 6.10. The van der Waals surface area contributed by atoms with E-state index in [1.807, 2.05) is 0 Å². The van der Waals surface area contributed by atoms with Crippen LogP contribution in [0.5, 0.6) is 0 Å². The second-order valence-electron chi connectivity index (χ2n) is 2.30. The van der Waals surface area contributed by atoms with E-state index in [0.717, 1.165) is 0 Å². The molecule has 0 amide bonds. The van der Waals surface area contributed by atoms with Crippen LogP contribution in [0.2, 0.25) is 0 Å². The molecule has 0 aromatic carbocycles. The van der Waals surface area contributed by atoms with Gasteiger partial charge in [0.05, 0.1) is 0 Å². The molecule has 5 heteroatoms. The molecule has 0 aromatic heterocycles. The molecule has 0 fully saturated rings. The molecule has 0 radical (unpaired) electrons. The Morgan fingerprint density at radius 1 is 1.64 bits per heavy atom. The second-order valence-corrected chi connectivity index (χ2v) is 2.30. The Balaban J connectivity index is 4.61. The van der Waals surface area contributed by atoms with Gasteiger partial charge in [0, 0.05) is 7.11 Å². The Kier molecular flexibility index (Phi) is 3.44. The van der Waals surface area contributed by atoms with Gasteiger partial charge in [-0.05, 0) is 21.1 Å². The molecule has 0 saturated carbocycles. The average molecular weight is 162 g/mol. The third-order valence-electron chi connectivity index (χ3n) is 1.55. The van der Waals surface area contributed by atoms with Gasteiger partial charge in [0.1, 0.15) is 0 Å². The summed E-state index contributed by atoms with van der Waals surface area (Å²) >= 11 is 0. The molecule has 0 saturated heterocycles. The lowest BCUT2D eigenvalue weighted by Gasteiger charge is -2.33. The Morgan fingerprint density at radius 2 is 2.09 bits per heavy atom. The van der Waals surface area contributed by atoms with Gasteiger partial charge in [0.15, 0.2) is 0 Å². The molecule has 11 heavy (non-hydrogen) atoms. The van der Waals surface area contributed by atoms with Gasteiger partial charge in [-0.25, -0.2) is 4.79 Å². The fraction of sp³-hybridized carbons (Fsp3) is 0.833. The van der Waals surface area contributed by atoms with E-state index in [4.69, 9.17) is 9.84 Å². The minimum atomic E-state index is -1.42. The van der Waals surface area contributed by atoms with Crippen LogP contribution in [0.1, 0.15) is 0 Å². The number of aliphatic carboxylic acids is 1. The van der Waals surface area contributed by atoms with Crippen molar-refractivity contribution in [1.82, 2.24) is 10.2 Å². The van der Waals surface area contributed by atoms with E-state index >= 15 is 0 Å². The molecule has 0 spiro atoms. The van der Waals surface area contributed by atoms with Crippen molar-refractivity contribution in [2.75, 3.05) is 28.3 Å². The standard InChI is InChI=1S/C6H14N2O3/c1-7-6(11-4,5(9)10)8(2)3/h7H,1-4H3,(H,9,10). The molecule has 0 heterocycles. The van der Waals surface area contributed by atoms with Gasteiger partial charge in [0.25, 0.3) is 5.85 Å². The number of nitrogens with zero attached hydrogens (tertiary/aromatic N) is 1. The highest BCUT2D eigenvalue weighted by atomic mass is 16.5. The van der Waals surface area contributed by atoms with Crippen LogP contribution < -0.4 is 5.32 Å². The number of carbonyl (C=O) groups is 1. The fourth-order valence-electron chi connectivity index (χ4n) is 0.894. The number of nitrogens with one attached hydrogen (secondary N) is 1. The first-order chi connectivity index (χ1) is 5.01. The minimum Gasteiger partial charge on any atom is -0.477 e. The molecular formula is C6H14N2O3. The van der Waals surface area contributed by atoms with Gasteiger partial charge in [-0.1, -0.05) is 0 Å². The summed E-state index contributed by atoms with van der Waals surface area (Å²) in [4.78, 5) is 12.1. The molecule has 0 aliphatic carbocycles. The molecule has 0 aromatic rings. The van der Waals surface area contributed by atoms with Crippen molar-refractivity contribution in [2.45, 2.75) is 5.85 Å². The van der Waals surface area contributed by atoms with Crippen LogP contribution in [0, 0.1) is 0 Å². The number of carboxylic acids is 1. The van der Waals surface area contributed by atoms with Crippen LogP contribution in [0.4, 0.5) is 0 Å². The van der Waals surface area contributed by atoms with Crippen LogP contribution in [0.3, 0.4) is 0 Å². The average Bonchev–Trinajstić information content (AvgIpc) is 1.90. The minimum absolute atomic E-state index is 1.06. The van der Waals surface area contributed by atoms with Crippen LogP contribution in [0.25, 0.3) is 0 Å². The lowest BCUT2D eigenvalue weighted by Crippen LogP contribution is -2.61. The first-order valence-electron chi connectivity index (χ1n) is 3.16. The van der Waals surface area contributed by atoms with Crippen LogP contribution in [-0.2, 0) is 9.53 Å². The highest BCUT2D eigenvalue weighted by molar-refractivity contribution is 5.76. The fourth-order valence-corrected chi connectivity index (χ4v) is 0.894. The van der Waals surface area contributed by atoms with Gasteiger partial charge >= 0.3 is 5.97 Å². The predicted octanol–water partition coefficient (Wildman–Crippen LogP) is -0.848. The summed E-state index contributed by atoms with van der Waals surface area (Å²) in [6.07, 6.45) is 0. The maximum Gasteiger partial charge on any atom is 0.368 e. The first-order valence-corrected chi connectivity index (χ1v) is 3.16. The molecule has 1 unspecified atom stereocenters. The number of rotatable bonds is 4. The van der Waals surface area contributed by atoms with E-state index in [-0.39, 0.29) is 0 Å². The number of hydrogen-bond donors (Lipinski definition) is 2. The summed E-state index contributed by atoms with van der Waals surface area (Å²) < 4.78 is 4.83. The smallest absolute Gasteiger partial charge is 0.368 e. The molecule has 1 atom stereocenters. The van der Waals surface area contributed by atoms with Crippen molar-refractivity contribution in [3.05, 3.63) is 0 Å². The summed E-state index contributed by atoms with van der Waals surface area (Å²) in [6, 6.07) is 0. The number of likely N-dealkylation sites (N-methyl/N-ethyl adjacent to an activating group) is 2. The summed E-state index contributed by atoms with van der Waals surface area (Å²) in [5, 5.41) is 11.3. The first kappa shape index (κ1) is 10.3. The SMILES string of the molecule is CNC(OC)(C(=O)O)N(C)C. The molecule has 66 valence electrons. The number of hydrogen-bond acceptors (Lipinski definition) is 4. The van der Waals surface area contributed by atoms with E-state index in [9.17, 15) is 4.79 Å². The molecular weight excluding hydrogens is 148 g/mol. The summed E-state index contributed by atoms with van der Waals surface area (Å²) in [5.74, 6) is -2.48. The third-order valence-corrected chi connectivity index (χ3v) is 1.55. The molecule has 0 bridgehead atoms. The van der Waals surface area contributed by atoms with Gasteiger partial charge in [0.2, 0.25) is 0 Å². The van der Waals surface area contributed by atoms with Crippen LogP contribution in [-0.4, -0.2) is 50.1 Å². The van der Waals surface area contributed by atoms with E-state index in [1.165, 1.54) is 19.1 Å². The molecule has 2 N–H and O–H groups in total. The Bertz CT molecular complexity index is 143. The third kappa shape index (κ3) is 1.68. The van der Waals surface area contributed by atoms with Crippen molar-refractivity contribution < 1.29 is 14.6 Å².